The average molecular weight is 568 g/mol. The standard InChI is InChI=1S/C24H21F3N6O.C4H7NO2/c1-33-22-20(21(28)32-33)18(12-19(31-22)13-8-9-13)14-4-2-6-16(10-14)29-23(34)30-17-7-3-5-15(11-17)24(25,26)27;6-4(7)5-3-1-2-3/h2-7,10-13H,8-9H2,1H3,(H2,28,32)(H2,29,30,34);3,5H,1-2H2,(H,6,7). The quantitative estimate of drug-likeness (QED) is 0.195. The van der Waals surface area contributed by atoms with E-state index in [1.807, 2.05) is 12.1 Å². The van der Waals surface area contributed by atoms with Crippen LogP contribution in [0, 0.1) is 0 Å². The summed E-state index contributed by atoms with van der Waals surface area (Å²) >= 11 is 0. The maximum Gasteiger partial charge on any atom is 0.416 e. The first-order valence-electron chi connectivity index (χ1n) is 13.0. The minimum atomic E-state index is -4.49. The molecule has 0 atom stereocenters. The smallest absolute Gasteiger partial charge is 0.416 e. The Morgan fingerprint density at radius 1 is 1.00 bits per heavy atom. The number of carbonyl (C=O) groups is 2. The van der Waals surface area contributed by atoms with Gasteiger partial charge in [-0.15, -0.1) is 0 Å². The van der Waals surface area contributed by atoms with Gasteiger partial charge in [-0.2, -0.15) is 18.3 Å². The summed E-state index contributed by atoms with van der Waals surface area (Å²) in [5.74, 6) is 0.779. The maximum atomic E-state index is 12.9. The van der Waals surface area contributed by atoms with Gasteiger partial charge < -0.3 is 26.8 Å². The summed E-state index contributed by atoms with van der Waals surface area (Å²) in [7, 11) is 1.79. The molecule has 2 aromatic heterocycles. The van der Waals surface area contributed by atoms with Crippen LogP contribution < -0.4 is 21.7 Å². The molecule has 2 saturated carbocycles. The first-order valence-corrected chi connectivity index (χ1v) is 13.0. The van der Waals surface area contributed by atoms with E-state index in [0.29, 0.717) is 23.1 Å². The monoisotopic (exact) mass is 567 g/mol. The van der Waals surface area contributed by atoms with Gasteiger partial charge in [0.25, 0.3) is 0 Å². The Kier molecular flexibility index (Phi) is 7.43. The lowest BCUT2D eigenvalue weighted by Crippen LogP contribution is -2.22. The van der Waals surface area contributed by atoms with Crippen LogP contribution >= 0.6 is 0 Å². The summed E-state index contributed by atoms with van der Waals surface area (Å²) < 4.78 is 40.5. The molecule has 0 bridgehead atoms. The molecule has 2 heterocycles. The number of nitrogens with zero attached hydrogens (tertiary/aromatic N) is 3. The molecule has 2 aliphatic rings. The Bertz CT molecular complexity index is 1610. The van der Waals surface area contributed by atoms with Crippen molar-refractivity contribution in [3.63, 3.8) is 0 Å². The van der Waals surface area contributed by atoms with Gasteiger partial charge in [-0.05, 0) is 73.2 Å². The number of aromatic nitrogens is 3. The lowest BCUT2D eigenvalue weighted by Gasteiger charge is -2.12. The number of alkyl halides is 3. The van der Waals surface area contributed by atoms with Crippen LogP contribution in [0.5, 0.6) is 0 Å². The highest BCUT2D eigenvalue weighted by molar-refractivity contribution is 6.03. The predicted molar refractivity (Wildman–Crippen MR) is 149 cm³/mol. The Morgan fingerprint density at radius 3 is 2.24 bits per heavy atom. The number of carbonyl (C=O) groups excluding carboxylic acids is 1. The van der Waals surface area contributed by atoms with Gasteiger partial charge in [-0.3, -0.25) is 0 Å². The number of carboxylic acid groups (broad SMARTS) is 1. The molecule has 41 heavy (non-hydrogen) atoms. The maximum absolute atomic E-state index is 12.9. The third-order valence-electron chi connectivity index (χ3n) is 6.62. The SMILES string of the molecule is Cn1nc(N)c2c(-c3cccc(NC(=O)Nc4cccc(C(F)(F)F)c4)c3)cc(C3CC3)nc21.O=C(O)NC1CC1. The fraction of sp³-hybridized carbons (Fsp3) is 0.286. The van der Waals surface area contributed by atoms with Crippen molar-refractivity contribution in [3.8, 4) is 11.1 Å². The second-order valence-electron chi connectivity index (χ2n) is 10.0. The molecule has 0 unspecified atom stereocenters. The zero-order chi connectivity index (χ0) is 29.3. The van der Waals surface area contributed by atoms with Crippen LogP contribution in [0.2, 0.25) is 0 Å². The van der Waals surface area contributed by atoms with E-state index in [1.165, 1.54) is 12.1 Å². The van der Waals surface area contributed by atoms with E-state index in [9.17, 15) is 22.8 Å². The van der Waals surface area contributed by atoms with Gasteiger partial charge >= 0.3 is 18.3 Å². The van der Waals surface area contributed by atoms with Crippen molar-refractivity contribution in [1.29, 1.82) is 0 Å². The summed E-state index contributed by atoms with van der Waals surface area (Å²) in [4.78, 5) is 27.0. The molecule has 0 saturated heterocycles. The number of halogens is 3. The molecule has 4 aromatic rings. The van der Waals surface area contributed by atoms with Gasteiger partial charge in [0.2, 0.25) is 0 Å². The molecule has 2 aliphatic carbocycles. The highest BCUT2D eigenvalue weighted by Gasteiger charge is 2.30. The van der Waals surface area contributed by atoms with Crippen molar-refractivity contribution in [2.24, 2.45) is 7.05 Å². The van der Waals surface area contributed by atoms with Crippen LogP contribution in [0.4, 0.5) is 40.0 Å². The van der Waals surface area contributed by atoms with Crippen molar-refractivity contribution < 1.29 is 27.9 Å². The molecule has 10 nitrogen and oxygen atoms in total. The number of urea groups is 1. The van der Waals surface area contributed by atoms with E-state index in [2.05, 4.69) is 21.0 Å². The van der Waals surface area contributed by atoms with Gasteiger partial charge in [-0.1, -0.05) is 18.2 Å². The Morgan fingerprint density at radius 2 is 1.66 bits per heavy atom. The second kappa shape index (κ2) is 11.0. The summed E-state index contributed by atoms with van der Waals surface area (Å²) in [5.41, 5.74) is 9.19. The zero-order valence-corrected chi connectivity index (χ0v) is 22.0. The first kappa shape index (κ1) is 27.7. The molecule has 6 N–H and O–H groups in total. The Labute approximate surface area is 232 Å². The van der Waals surface area contributed by atoms with Crippen molar-refractivity contribution in [2.45, 2.75) is 43.8 Å². The van der Waals surface area contributed by atoms with Crippen LogP contribution in [0.1, 0.15) is 42.9 Å². The number of hydrogen-bond donors (Lipinski definition) is 5. The number of anilines is 3. The van der Waals surface area contributed by atoms with E-state index in [1.54, 1.807) is 29.9 Å². The second-order valence-corrected chi connectivity index (χ2v) is 10.0. The molecule has 3 amide bonds. The molecule has 2 fully saturated rings. The molecule has 0 spiro atoms. The molecule has 2 aromatic carbocycles. The van der Waals surface area contributed by atoms with Crippen LogP contribution in [-0.4, -0.2) is 38.0 Å². The largest absolute Gasteiger partial charge is 0.465 e. The van der Waals surface area contributed by atoms with Gasteiger partial charge in [0.05, 0.1) is 10.9 Å². The molecule has 214 valence electrons. The number of benzene rings is 2. The molecule has 0 aliphatic heterocycles. The summed E-state index contributed by atoms with van der Waals surface area (Å²) in [6.07, 6.45) is -1.18. The number of aryl methyl sites for hydroxylation is 1. The van der Waals surface area contributed by atoms with E-state index >= 15 is 0 Å². The molecule has 0 radical (unpaired) electrons. The average Bonchev–Trinajstić information content (AvgIpc) is 3.84. The summed E-state index contributed by atoms with van der Waals surface area (Å²) in [5, 5.41) is 20.5. The lowest BCUT2D eigenvalue weighted by molar-refractivity contribution is -0.137. The van der Waals surface area contributed by atoms with Gasteiger partial charge in [0.1, 0.15) is 0 Å². The van der Waals surface area contributed by atoms with Crippen LogP contribution in [-0.2, 0) is 13.2 Å². The van der Waals surface area contributed by atoms with Crippen molar-refractivity contribution in [1.82, 2.24) is 20.1 Å². The first-order chi connectivity index (χ1) is 19.5. The molecule has 13 heteroatoms. The lowest BCUT2D eigenvalue weighted by atomic mass is 10.0. The van der Waals surface area contributed by atoms with Gasteiger partial charge in [0, 0.05) is 36.1 Å². The number of pyridine rings is 1. The number of nitrogens with one attached hydrogen (secondary N) is 3. The fourth-order valence-electron chi connectivity index (χ4n) is 4.35. The Hall–Kier alpha value is -4.81. The predicted octanol–water partition coefficient (Wildman–Crippen LogP) is 6.17. The zero-order valence-electron chi connectivity index (χ0n) is 22.0. The summed E-state index contributed by atoms with van der Waals surface area (Å²) in [6.45, 7) is 0. The van der Waals surface area contributed by atoms with Crippen LogP contribution in [0.3, 0.4) is 0 Å². The number of amides is 3. The van der Waals surface area contributed by atoms with Crippen LogP contribution in [0.15, 0.2) is 54.6 Å². The third-order valence-corrected chi connectivity index (χ3v) is 6.62. The summed E-state index contributed by atoms with van der Waals surface area (Å²) in [6, 6.07) is 13.3. The number of rotatable bonds is 5. The number of hydrogen-bond acceptors (Lipinski definition) is 5. The van der Waals surface area contributed by atoms with Crippen molar-refractivity contribution in [3.05, 3.63) is 65.9 Å². The van der Waals surface area contributed by atoms with Gasteiger partial charge in [0.15, 0.2) is 11.5 Å². The van der Waals surface area contributed by atoms with E-state index in [-0.39, 0.29) is 11.7 Å². The molecular formula is C28H28F3N7O3. The fourth-order valence-corrected chi connectivity index (χ4v) is 4.35. The van der Waals surface area contributed by atoms with Crippen molar-refractivity contribution in [2.75, 3.05) is 16.4 Å². The topological polar surface area (TPSA) is 147 Å². The minimum Gasteiger partial charge on any atom is -0.465 e. The number of fused-ring (bicyclic) bond motifs is 1. The van der Waals surface area contributed by atoms with E-state index in [4.69, 9.17) is 15.8 Å². The third kappa shape index (κ3) is 6.86. The van der Waals surface area contributed by atoms with Crippen LogP contribution in [0.25, 0.3) is 22.2 Å². The van der Waals surface area contributed by atoms with E-state index in [0.717, 1.165) is 60.0 Å². The number of nitrogen functional groups attached to an aromatic ring is 1. The van der Waals surface area contributed by atoms with Gasteiger partial charge in [-0.25, -0.2) is 19.3 Å². The molecule has 6 rings (SSSR count). The van der Waals surface area contributed by atoms with E-state index < -0.39 is 23.9 Å². The van der Waals surface area contributed by atoms with Crippen molar-refractivity contribution >= 4 is 40.4 Å². The highest BCUT2D eigenvalue weighted by atomic mass is 19.4. The highest BCUT2D eigenvalue weighted by Crippen LogP contribution is 2.43. The number of nitrogens with two attached hydrogens (primary N) is 1. The Balaban J connectivity index is 0.000000423. The molecular weight excluding hydrogens is 539 g/mol. The normalized spacial score (nSPS) is 14.6. The minimum absolute atomic E-state index is 0.0385.